The lowest BCUT2D eigenvalue weighted by Gasteiger charge is -2.06. The van der Waals surface area contributed by atoms with Crippen LogP contribution < -0.4 is 10.1 Å². The second-order valence-electron chi connectivity index (χ2n) is 7.15. The molecule has 4 rings (SSSR count). The van der Waals surface area contributed by atoms with E-state index in [1.807, 2.05) is 38.1 Å². The van der Waals surface area contributed by atoms with Gasteiger partial charge < -0.3 is 14.5 Å². The molecule has 4 aromatic rings. The number of furan rings is 1. The fraction of sp³-hybridized carbons (Fsp3) is 0.120. The maximum absolute atomic E-state index is 12.9. The van der Waals surface area contributed by atoms with Crippen LogP contribution in [0.25, 0.3) is 11.0 Å². The van der Waals surface area contributed by atoms with Gasteiger partial charge in [0.1, 0.15) is 11.3 Å². The molecule has 1 heterocycles. The summed E-state index contributed by atoms with van der Waals surface area (Å²) in [6, 6.07) is 19.7. The fourth-order valence-corrected chi connectivity index (χ4v) is 3.38. The SMILES string of the molecule is COc1ccc(C(=O)c2oc3ccc(NC(=O)c4cccc(C)c4)cc3c2C)cc1. The molecule has 0 unspecified atom stereocenters. The van der Waals surface area contributed by atoms with Crippen LogP contribution in [0.5, 0.6) is 5.75 Å². The maximum atomic E-state index is 12.9. The number of aryl methyl sites for hydroxylation is 2. The summed E-state index contributed by atoms with van der Waals surface area (Å²) in [7, 11) is 1.58. The average Bonchev–Trinajstić information content (AvgIpc) is 3.09. The molecule has 0 atom stereocenters. The van der Waals surface area contributed by atoms with Crippen LogP contribution in [0.2, 0.25) is 0 Å². The Balaban J connectivity index is 1.63. The Bertz CT molecular complexity index is 1250. The van der Waals surface area contributed by atoms with Crippen molar-refractivity contribution in [3.63, 3.8) is 0 Å². The minimum Gasteiger partial charge on any atom is -0.497 e. The molecule has 150 valence electrons. The molecule has 30 heavy (non-hydrogen) atoms. The van der Waals surface area contributed by atoms with Crippen molar-refractivity contribution < 1.29 is 18.7 Å². The predicted molar refractivity (Wildman–Crippen MR) is 117 cm³/mol. The van der Waals surface area contributed by atoms with Crippen LogP contribution in [-0.2, 0) is 0 Å². The number of hydrogen-bond donors (Lipinski definition) is 1. The molecule has 1 amide bonds. The smallest absolute Gasteiger partial charge is 0.255 e. The molecule has 5 nitrogen and oxygen atoms in total. The number of benzene rings is 3. The number of ketones is 1. The molecule has 0 aliphatic rings. The summed E-state index contributed by atoms with van der Waals surface area (Å²) in [5, 5.41) is 3.69. The molecule has 0 radical (unpaired) electrons. The van der Waals surface area contributed by atoms with Gasteiger partial charge in [0.05, 0.1) is 7.11 Å². The van der Waals surface area contributed by atoms with Gasteiger partial charge >= 0.3 is 0 Å². The van der Waals surface area contributed by atoms with E-state index in [1.54, 1.807) is 49.6 Å². The number of rotatable bonds is 5. The molecular weight excluding hydrogens is 378 g/mol. The molecule has 0 saturated heterocycles. The summed E-state index contributed by atoms with van der Waals surface area (Å²) in [4.78, 5) is 25.5. The van der Waals surface area contributed by atoms with Gasteiger partial charge in [0, 0.05) is 27.8 Å². The van der Waals surface area contributed by atoms with Crippen molar-refractivity contribution in [2.45, 2.75) is 13.8 Å². The van der Waals surface area contributed by atoms with Gasteiger partial charge in [-0.25, -0.2) is 0 Å². The van der Waals surface area contributed by atoms with Crippen molar-refractivity contribution >= 4 is 28.3 Å². The quantitative estimate of drug-likeness (QED) is 0.447. The van der Waals surface area contributed by atoms with Gasteiger partial charge in [-0.05, 0) is 68.4 Å². The zero-order valence-corrected chi connectivity index (χ0v) is 17.0. The van der Waals surface area contributed by atoms with Crippen molar-refractivity contribution in [2.75, 3.05) is 12.4 Å². The number of nitrogens with one attached hydrogen (secondary N) is 1. The first-order valence-electron chi connectivity index (χ1n) is 9.56. The van der Waals surface area contributed by atoms with Crippen LogP contribution in [0.4, 0.5) is 5.69 Å². The standard InChI is InChI=1S/C25H21NO4/c1-15-5-4-6-18(13-15)25(28)26-19-9-12-22-21(14-19)16(2)24(30-22)23(27)17-7-10-20(29-3)11-8-17/h4-14H,1-3H3,(H,26,28). The van der Waals surface area contributed by atoms with Crippen LogP contribution in [0, 0.1) is 13.8 Å². The van der Waals surface area contributed by atoms with Crippen molar-refractivity contribution in [2.24, 2.45) is 0 Å². The topological polar surface area (TPSA) is 68.5 Å². The third-order valence-corrected chi connectivity index (χ3v) is 5.03. The first-order valence-corrected chi connectivity index (χ1v) is 9.56. The van der Waals surface area contributed by atoms with E-state index in [9.17, 15) is 9.59 Å². The second-order valence-corrected chi connectivity index (χ2v) is 7.15. The Morgan fingerprint density at radius 3 is 2.37 bits per heavy atom. The van der Waals surface area contributed by atoms with Gasteiger partial charge in [-0.3, -0.25) is 9.59 Å². The van der Waals surface area contributed by atoms with E-state index in [4.69, 9.17) is 9.15 Å². The number of carbonyl (C=O) groups excluding carboxylic acids is 2. The lowest BCUT2D eigenvalue weighted by atomic mass is 10.0. The van der Waals surface area contributed by atoms with Crippen LogP contribution in [0.15, 0.2) is 71.1 Å². The Morgan fingerprint density at radius 1 is 0.900 bits per heavy atom. The summed E-state index contributed by atoms with van der Waals surface area (Å²) < 4.78 is 11.0. The number of carbonyl (C=O) groups is 2. The third-order valence-electron chi connectivity index (χ3n) is 5.03. The summed E-state index contributed by atoms with van der Waals surface area (Å²) in [5.41, 5.74) is 4.10. The van der Waals surface area contributed by atoms with E-state index in [0.717, 1.165) is 16.5 Å². The normalized spacial score (nSPS) is 10.8. The van der Waals surface area contributed by atoms with Crippen LogP contribution >= 0.6 is 0 Å². The Morgan fingerprint density at radius 2 is 1.67 bits per heavy atom. The molecule has 1 N–H and O–H groups in total. The highest BCUT2D eigenvalue weighted by molar-refractivity contribution is 6.11. The summed E-state index contributed by atoms with van der Waals surface area (Å²) in [6.45, 7) is 3.79. The van der Waals surface area contributed by atoms with Gasteiger partial charge in [0.2, 0.25) is 5.78 Å². The third kappa shape index (κ3) is 3.70. The number of amides is 1. The Labute approximate surface area is 174 Å². The van der Waals surface area contributed by atoms with Gasteiger partial charge in [-0.1, -0.05) is 17.7 Å². The Kier molecular flexibility index (Phi) is 5.11. The van der Waals surface area contributed by atoms with E-state index < -0.39 is 0 Å². The Hall–Kier alpha value is -3.86. The number of hydrogen-bond acceptors (Lipinski definition) is 4. The van der Waals surface area contributed by atoms with E-state index in [0.29, 0.717) is 28.1 Å². The van der Waals surface area contributed by atoms with Gasteiger partial charge in [-0.2, -0.15) is 0 Å². The average molecular weight is 399 g/mol. The highest BCUT2D eigenvalue weighted by atomic mass is 16.5. The summed E-state index contributed by atoms with van der Waals surface area (Å²) >= 11 is 0. The number of fused-ring (bicyclic) bond motifs is 1. The largest absolute Gasteiger partial charge is 0.497 e. The number of anilines is 1. The van der Waals surface area contributed by atoms with Crippen molar-refractivity contribution in [1.82, 2.24) is 0 Å². The zero-order chi connectivity index (χ0) is 21.3. The van der Waals surface area contributed by atoms with Gasteiger partial charge in [0.25, 0.3) is 5.91 Å². The van der Waals surface area contributed by atoms with Crippen LogP contribution in [0.1, 0.15) is 37.6 Å². The lowest BCUT2D eigenvalue weighted by Crippen LogP contribution is -2.11. The molecule has 5 heteroatoms. The summed E-state index contributed by atoms with van der Waals surface area (Å²) in [5.74, 6) is 0.588. The first-order chi connectivity index (χ1) is 14.5. The van der Waals surface area contributed by atoms with E-state index >= 15 is 0 Å². The number of ether oxygens (including phenoxy) is 1. The molecule has 0 aliphatic heterocycles. The maximum Gasteiger partial charge on any atom is 0.255 e. The molecule has 1 aromatic heterocycles. The van der Waals surface area contributed by atoms with Crippen molar-refractivity contribution in [1.29, 1.82) is 0 Å². The predicted octanol–water partition coefficient (Wildman–Crippen LogP) is 5.54. The van der Waals surface area contributed by atoms with E-state index in [2.05, 4.69) is 5.32 Å². The molecular formula is C25H21NO4. The lowest BCUT2D eigenvalue weighted by molar-refractivity contribution is 0.101. The minimum atomic E-state index is -0.198. The van der Waals surface area contributed by atoms with Crippen LogP contribution in [0.3, 0.4) is 0 Å². The van der Waals surface area contributed by atoms with Gasteiger partial charge in [0.15, 0.2) is 5.76 Å². The summed E-state index contributed by atoms with van der Waals surface area (Å²) in [6.07, 6.45) is 0. The van der Waals surface area contributed by atoms with E-state index in [1.165, 1.54) is 0 Å². The molecule has 0 bridgehead atoms. The molecule has 3 aromatic carbocycles. The molecule has 0 aliphatic carbocycles. The number of methoxy groups -OCH3 is 1. The second kappa shape index (κ2) is 7.87. The first kappa shape index (κ1) is 19.5. The monoisotopic (exact) mass is 399 g/mol. The minimum absolute atomic E-state index is 0.186. The highest BCUT2D eigenvalue weighted by Gasteiger charge is 2.20. The van der Waals surface area contributed by atoms with Crippen molar-refractivity contribution in [3.8, 4) is 5.75 Å². The zero-order valence-electron chi connectivity index (χ0n) is 17.0. The fourth-order valence-electron chi connectivity index (χ4n) is 3.38. The van der Waals surface area contributed by atoms with E-state index in [-0.39, 0.29) is 17.5 Å². The molecule has 0 spiro atoms. The highest BCUT2D eigenvalue weighted by Crippen LogP contribution is 2.30. The van der Waals surface area contributed by atoms with Crippen LogP contribution in [-0.4, -0.2) is 18.8 Å². The van der Waals surface area contributed by atoms with Crippen molar-refractivity contribution in [3.05, 3.63) is 94.7 Å². The molecule has 0 saturated carbocycles. The van der Waals surface area contributed by atoms with Gasteiger partial charge in [-0.15, -0.1) is 0 Å². The molecule has 0 fully saturated rings.